The van der Waals surface area contributed by atoms with Gasteiger partial charge in [-0.15, -0.1) is 0 Å². The number of hydrogen-bond donors (Lipinski definition) is 0. The van der Waals surface area contributed by atoms with E-state index < -0.39 is 11.6 Å². The first-order valence-electron chi connectivity index (χ1n) is 6.96. The van der Waals surface area contributed by atoms with Gasteiger partial charge in [0.2, 0.25) is 0 Å². The second kappa shape index (κ2) is 5.88. The van der Waals surface area contributed by atoms with E-state index in [2.05, 4.69) is 0 Å². The monoisotopic (exact) mass is 307 g/mol. The standard InChI is InChI=1S/C16H15F2NO3/c1-10-2-5-15(22-10)14-9-21-7-6-19(14)16(20)11-3-4-12(17)13(18)8-11/h2-5,8,14H,6-7,9H2,1H3/t14-/m0/s1. The maximum atomic E-state index is 13.3. The molecule has 1 amide bonds. The Morgan fingerprint density at radius 2 is 2.05 bits per heavy atom. The Balaban J connectivity index is 1.89. The molecule has 2 aromatic rings. The number of carbonyl (C=O) groups is 1. The second-order valence-electron chi connectivity index (χ2n) is 5.17. The lowest BCUT2D eigenvalue weighted by Gasteiger charge is -2.34. The molecule has 22 heavy (non-hydrogen) atoms. The molecule has 1 aliphatic heterocycles. The van der Waals surface area contributed by atoms with E-state index in [1.54, 1.807) is 11.0 Å². The van der Waals surface area contributed by atoms with Gasteiger partial charge in [-0.3, -0.25) is 4.79 Å². The van der Waals surface area contributed by atoms with Crippen molar-refractivity contribution < 1.29 is 22.7 Å². The van der Waals surface area contributed by atoms with E-state index in [9.17, 15) is 13.6 Å². The SMILES string of the molecule is Cc1ccc([C@@H]2COCCN2C(=O)c2ccc(F)c(F)c2)o1. The molecule has 0 N–H and O–H groups in total. The van der Waals surface area contributed by atoms with Crippen molar-refractivity contribution in [3.05, 3.63) is 59.1 Å². The maximum absolute atomic E-state index is 13.3. The third-order valence-corrected chi connectivity index (χ3v) is 3.65. The van der Waals surface area contributed by atoms with Crippen LogP contribution in [0.25, 0.3) is 0 Å². The topological polar surface area (TPSA) is 42.7 Å². The van der Waals surface area contributed by atoms with Crippen molar-refractivity contribution in [3.63, 3.8) is 0 Å². The molecule has 0 aliphatic carbocycles. The van der Waals surface area contributed by atoms with Gasteiger partial charge < -0.3 is 14.1 Å². The summed E-state index contributed by atoms with van der Waals surface area (Å²) in [5.74, 6) is -1.03. The van der Waals surface area contributed by atoms with Crippen LogP contribution in [0.15, 0.2) is 34.7 Å². The molecule has 6 heteroatoms. The molecule has 1 fully saturated rings. The largest absolute Gasteiger partial charge is 0.464 e. The minimum Gasteiger partial charge on any atom is -0.464 e. The fraction of sp³-hybridized carbons (Fsp3) is 0.312. The number of rotatable bonds is 2. The average molecular weight is 307 g/mol. The van der Waals surface area contributed by atoms with Crippen molar-refractivity contribution in [2.75, 3.05) is 19.8 Å². The van der Waals surface area contributed by atoms with Crippen LogP contribution in [0.2, 0.25) is 0 Å². The number of ether oxygens (including phenoxy) is 1. The maximum Gasteiger partial charge on any atom is 0.254 e. The molecule has 0 bridgehead atoms. The summed E-state index contributed by atoms with van der Waals surface area (Å²) < 4.78 is 37.3. The first-order chi connectivity index (χ1) is 10.6. The lowest BCUT2D eigenvalue weighted by Crippen LogP contribution is -2.43. The van der Waals surface area contributed by atoms with Gasteiger partial charge >= 0.3 is 0 Å². The summed E-state index contributed by atoms with van der Waals surface area (Å²) in [5.41, 5.74) is 0.106. The quantitative estimate of drug-likeness (QED) is 0.856. The molecular formula is C16H15F2NO3. The van der Waals surface area contributed by atoms with Crippen LogP contribution in [-0.4, -0.2) is 30.6 Å². The lowest BCUT2D eigenvalue weighted by molar-refractivity contribution is -0.00897. The summed E-state index contributed by atoms with van der Waals surface area (Å²) in [6.45, 7) is 2.88. The van der Waals surface area contributed by atoms with E-state index in [4.69, 9.17) is 9.15 Å². The number of aryl methyl sites for hydroxylation is 1. The highest BCUT2D eigenvalue weighted by Gasteiger charge is 2.31. The Morgan fingerprint density at radius 1 is 1.23 bits per heavy atom. The highest BCUT2D eigenvalue weighted by Crippen LogP contribution is 2.27. The first-order valence-corrected chi connectivity index (χ1v) is 6.96. The van der Waals surface area contributed by atoms with E-state index >= 15 is 0 Å². The van der Waals surface area contributed by atoms with E-state index in [1.807, 2.05) is 13.0 Å². The van der Waals surface area contributed by atoms with Gasteiger partial charge in [0.25, 0.3) is 5.91 Å². The zero-order chi connectivity index (χ0) is 15.7. The lowest BCUT2D eigenvalue weighted by atomic mass is 10.1. The number of carbonyl (C=O) groups excluding carboxylic acids is 1. The van der Waals surface area contributed by atoms with Crippen LogP contribution in [0.4, 0.5) is 8.78 Å². The van der Waals surface area contributed by atoms with Crippen LogP contribution in [0.5, 0.6) is 0 Å². The Kier molecular flexibility index (Phi) is 3.94. The molecule has 0 saturated carbocycles. The fourth-order valence-electron chi connectivity index (χ4n) is 2.51. The van der Waals surface area contributed by atoms with Crippen LogP contribution in [-0.2, 0) is 4.74 Å². The van der Waals surface area contributed by atoms with Crippen LogP contribution >= 0.6 is 0 Å². The number of benzene rings is 1. The van der Waals surface area contributed by atoms with E-state index in [1.165, 1.54) is 6.07 Å². The third-order valence-electron chi connectivity index (χ3n) is 3.65. The highest BCUT2D eigenvalue weighted by atomic mass is 19.2. The minimum absolute atomic E-state index is 0.106. The molecule has 3 rings (SSSR count). The van der Waals surface area contributed by atoms with Crippen LogP contribution in [0.1, 0.15) is 27.9 Å². The summed E-state index contributed by atoms with van der Waals surface area (Å²) in [6, 6.07) is 6.38. The Labute approximate surface area is 126 Å². The van der Waals surface area contributed by atoms with Gasteiger partial charge in [0.15, 0.2) is 11.6 Å². The summed E-state index contributed by atoms with van der Waals surface area (Å²) in [4.78, 5) is 14.2. The third kappa shape index (κ3) is 2.74. The van der Waals surface area contributed by atoms with Gasteiger partial charge in [-0.05, 0) is 37.3 Å². The smallest absolute Gasteiger partial charge is 0.254 e. The summed E-state index contributed by atoms with van der Waals surface area (Å²) in [7, 11) is 0. The minimum atomic E-state index is -1.04. The molecule has 1 atom stereocenters. The number of halogens is 2. The van der Waals surface area contributed by atoms with Crippen molar-refractivity contribution >= 4 is 5.91 Å². The van der Waals surface area contributed by atoms with Crippen molar-refractivity contribution in [1.29, 1.82) is 0 Å². The van der Waals surface area contributed by atoms with Crippen molar-refractivity contribution in [2.24, 2.45) is 0 Å². The second-order valence-corrected chi connectivity index (χ2v) is 5.17. The van der Waals surface area contributed by atoms with Crippen molar-refractivity contribution in [1.82, 2.24) is 4.90 Å². The zero-order valence-electron chi connectivity index (χ0n) is 12.0. The summed E-state index contributed by atoms with van der Waals surface area (Å²) >= 11 is 0. The van der Waals surface area contributed by atoms with Crippen molar-refractivity contribution in [3.8, 4) is 0 Å². The summed E-state index contributed by atoms with van der Waals surface area (Å²) in [5, 5.41) is 0. The molecule has 1 aromatic carbocycles. The van der Waals surface area contributed by atoms with Gasteiger partial charge in [0, 0.05) is 12.1 Å². The number of morpholine rings is 1. The predicted octanol–water partition coefficient (Wildman–Crippen LogP) is 3.08. The molecule has 0 radical (unpaired) electrons. The Morgan fingerprint density at radius 3 is 2.73 bits per heavy atom. The average Bonchev–Trinajstić information content (AvgIpc) is 2.96. The van der Waals surface area contributed by atoms with Gasteiger partial charge in [0.1, 0.15) is 17.6 Å². The van der Waals surface area contributed by atoms with Crippen molar-refractivity contribution in [2.45, 2.75) is 13.0 Å². The first kappa shape index (κ1) is 14.7. The number of amides is 1. The number of nitrogens with zero attached hydrogens (tertiary/aromatic N) is 1. The molecule has 0 unspecified atom stereocenters. The fourth-order valence-corrected chi connectivity index (χ4v) is 2.51. The number of furan rings is 1. The van der Waals surface area contributed by atoms with E-state index in [-0.39, 0.29) is 17.5 Å². The molecule has 0 spiro atoms. The van der Waals surface area contributed by atoms with Crippen LogP contribution in [0.3, 0.4) is 0 Å². The molecule has 116 valence electrons. The van der Waals surface area contributed by atoms with Gasteiger partial charge in [-0.1, -0.05) is 0 Å². The van der Waals surface area contributed by atoms with E-state index in [0.29, 0.717) is 25.5 Å². The van der Waals surface area contributed by atoms with Crippen LogP contribution < -0.4 is 0 Å². The highest BCUT2D eigenvalue weighted by molar-refractivity contribution is 5.94. The van der Waals surface area contributed by atoms with Gasteiger partial charge in [-0.2, -0.15) is 0 Å². The molecule has 2 heterocycles. The Bertz CT molecular complexity index is 698. The number of hydrogen-bond acceptors (Lipinski definition) is 3. The molecule has 4 nitrogen and oxygen atoms in total. The molecule has 1 aliphatic rings. The summed E-state index contributed by atoms with van der Waals surface area (Å²) in [6.07, 6.45) is 0. The predicted molar refractivity (Wildman–Crippen MR) is 74.4 cm³/mol. The molecule has 1 saturated heterocycles. The van der Waals surface area contributed by atoms with Gasteiger partial charge in [0.05, 0.1) is 13.2 Å². The Hall–Kier alpha value is -2.21. The van der Waals surface area contributed by atoms with E-state index in [0.717, 1.165) is 17.9 Å². The van der Waals surface area contributed by atoms with Gasteiger partial charge in [-0.25, -0.2) is 8.78 Å². The van der Waals surface area contributed by atoms with Crippen LogP contribution in [0, 0.1) is 18.6 Å². The molecular weight excluding hydrogens is 292 g/mol. The zero-order valence-corrected chi connectivity index (χ0v) is 12.0. The normalized spacial score (nSPS) is 18.5. The molecule has 1 aromatic heterocycles.